The highest BCUT2D eigenvalue weighted by molar-refractivity contribution is 5.51. The number of hydrogen-bond donors (Lipinski definition) is 0. The van der Waals surface area contributed by atoms with Gasteiger partial charge in [-0.3, -0.25) is 4.84 Å². The second-order valence-corrected chi connectivity index (χ2v) is 2.97. The van der Waals surface area contributed by atoms with Crippen LogP contribution in [-0.4, -0.2) is 28.4 Å². The monoisotopic (exact) mass is 193 g/mol. The van der Waals surface area contributed by atoms with Crippen molar-refractivity contribution in [2.45, 2.75) is 19.5 Å². The Morgan fingerprint density at radius 3 is 3.43 bits per heavy atom. The summed E-state index contributed by atoms with van der Waals surface area (Å²) < 4.78 is 1.80. The fraction of sp³-hybridized carbons (Fsp3) is 0.444. The van der Waals surface area contributed by atoms with E-state index in [1.807, 2.05) is 13.0 Å². The van der Waals surface area contributed by atoms with E-state index in [1.165, 1.54) is 6.08 Å². The number of hydroxylamine groups is 1. The minimum Gasteiger partial charge on any atom is -0.272 e. The van der Waals surface area contributed by atoms with E-state index in [0.717, 1.165) is 5.82 Å². The molecule has 5 nitrogen and oxygen atoms in total. The van der Waals surface area contributed by atoms with Gasteiger partial charge in [-0.2, -0.15) is 5.10 Å². The Bertz CT molecular complexity index is 368. The fourth-order valence-corrected chi connectivity index (χ4v) is 1.57. The third-order valence-electron chi connectivity index (χ3n) is 2.11. The van der Waals surface area contributed by atoms with E-state index in [-0.39, 0.29) is 6.04 Å². The molecule has 1 aliphatic heterocycles. The maximum atomic E-state index is 10.3. The zero-order chi connectivity index (χ0) is 9.97. The second kappa shape index (κ2) is 3.65. The minimum atomic E-state index is -0.0869. The van der Waals surface area contributed by atoms with E-state index in [0.29, 0.717) is 13.2 Å². The molecule has 1 aromatic heterocycles. The van der Waals surface area contributed by atoms with Gasteiger partial charge in [-0.15, -0.1) is 0 Å². The van der Waals surface area contributed by atoms with Crippen LogP contribution >= 0.6 is 0 Å². The van der Waals surface area contributed by atoms with Gasteiger partial charge in [-0.1, -0.05) is 0 Å². The molecule has 0 spiro atoms. The summed E-state index contributed by atoms with van der Waals surface area (Å²) in [5, 5.41) is 5.80. The van der Waals surface area contributed by atoms with Crippen LogP contribution in [-0.2, 0) is 16.2 Å². The number of anilines is 1. The van der Waals surface area contributed by atoms with Gasteiger partial charge in [-0.05, 0) is 6.92 Å². The lowest BCUT2D eigenvalue weighted by Gasteiger charge is -2.20. The van der Waals surface area contributed by atoms with Crippen molar-refractivity contribution in [1.82, 2.24) is 9.78 Å². The van der Waals surface area contributed by atoms with Gasteiger partial charge in [0.2, 0.25) is 0 Å². The molecule has 0 amide bonds. The first-order valence-electron chi connectivity index (χ1n) is 4.51. The summed E-state index contributed by atoms with van der Waals surface area (Å²) in [7, 11) is 0. The SMILES string of the molecule is CCON1c2ccnn2CC1C=C=O. The summed E-state index contributed by atoms with van der Waals surface area (Å²) >= 11 is 0. The molecular weight excluding hydrogens is 182 g/mol. The van der Waals surface area contributed by atoms with Gasteiger partial charge in [0.05, 0.1) is 19.3 Å². The van der Waals surface area contributed by atoms with Gasteiger partial charge < -0.3 is 0 Å². The minimum absolute atomic E-state index is 0.0869. The molecule has 0 saturated heterocycles. The number of aromatic nitrogens is 2. The maximum absolute atomic E-state index is 10.3. The van der Waals surface area contributed by atoms with Crippen molar-refractivity contribution < 1.29 is 9.63 Å². The molecule has 1 aliphatic rings. The van der Waals surface area contributed by atoms with Gasteiger partial charge in [-0.25, -0.2) is 14.5 Å². The van der Waals surface area contributed by atoms with Crippen molar-refractivity contribution in [3.63, 3.8) is 0 Å². The number of fused-ring (bicyclic) bond motifs is 1. The zero-order valence-electron chi connectivity index (χ0n) is 7.88. The fourth-order valence-electron chi connectivity index (χ4n) is 1.57. The summed E-state index contributed by atoms with van der Waals surface area (Å²) in [6, 6.07) is 1.77. The summed E-state index contributed by atoms with van der Waals surface area (Å²) in [6.45, 7) is 3.10. The van der Waals surface area contributed by atoms with Crippen molar-refractivity contribution in [3.8, 4) is 0 Å². The largest absolute Gasteiger partial charge is 0.272 e. The van der Waals surface area contributed by atoms with E-state index in [4.69, 9.17) is 4.84 Å². The molecule has 14 heavy (non-hydrogen) atoms. The summed E-state index contributed by atoms with van der Waals surface area (Å²) in [5.41, 5.74) is 0. The lowest BCUT2D eigenvalue weighted by Crippen LogP contribution is -2.30. The van der Waals surface area contributed by atoms with Crippen LogP contribution in [0, 0.1) is 0 Å². The highest BCUT2D eigenvalue weighted by atomic mass is 16.7. The molecule has 0 fully saturated rings. The van der Waals surface area contributed by atoms with Crippen LogP contribution in [0.25, 0.3) is 0 Å². The van der Waals surface area contributed by atoms with Crippen molar-refractivity contribution in [2.24, 2.45) is 0 Å². The van der Waals surface area contributed by atoms with Crippen LogP contribution in [0.3, 0.4) is 0 Å². The van der Waals surface area contributed by atoms with Crippen LogP contribution in [0.1, 0.15) is 6.92 Å². The smallest absolute Gasteiger partial charge is 0.151 e. The maximum Gasteiger partial charge on any atom is 0.151 e. The number of rotatable bonds is 3. The van der Waals surface area contributed by atoms with E-state index in [1.54, 1.807) is 21.9 Å². The predicted octanol–water partition coefficient (Wildman–Crippen LogP) is 0.411. The Kier molecular flexibility index (Phi) is 2.35. The lowest BCUT2D eigenvalue weighted by atomic mass is 10.3. The van der Waals surface area contributed by atoms with Crippen molar-refractivity contribution in [3.05, 3.63) is 18.3 Å². The van der Waals surface area contributed by atoms with Crippen LogP contribution < -0.4 is 5.06 Å². The Balaban J connectivity index is 2.26. The Hall–Kier alpha value is -1.58. The van der Waals surface area contributed by atoms with Gasteiger partial charge in [0.15, 0.2) is 5.82 Å². The van der Waals surface area contributed by atoms with Crippen LogP contribution in [0.5, 0.6) is 0 Å². The molecule has 0 bridgehead atoms. The molecule has 0 aliphatic carbocycles. The zero-order valence-corrected chi connectivity index (χ0v) is 7.88. The molecule has 1 aromatic rings. The lowest BCUT2D eigenvalue weighted by molar-refractivity contribution is 0.113. The highest BCUT2D eigenvalue weighted by Crippen LogP contribution is 2.25. The van der Waals surface area contributed by atoms with Crippen LogP contribution in [0.2, 0.25) is 0 Å². The van der Waals surface area contributed by atoms with Crippen molar-refractivity contribution in [1.29, 1.82) is 0 Å². The molecule has 5 heteroatoms. The third kappa shape index (κ3) is 1.32. The summed E-state index contributed by atoms with van der Waals surface area (Å²) in [6.07, 6.45) is 3.16. The van der Waals surface area contributed by atoms with Crippen LogP contribution in [0.15, 0.2) is 18.3 Å². The number of carbonyl (C=O) groups excluding carboxylic acids is 1. The molecule has 0 aromatic carbocycles. The summed E-state index contributed by atoms with van der Waals surface area (Å²) in [5.74, 6) is 2.66. The van der Waals surface area contributed by atoms with Gasteiger partial charge >= 0.3 is 0 Å². The summed E-state index contributed by atoms with van der Waals surface area (Å²) in [4.78, 5) is 15.7. The van der Waals surface area contributed by atoms with E-state index < -0.39 is 0 Å². The first-order valence-corrected chi connectivity index (χ1v) is 4.51. The molecule has 0 radical (unpaired) electrons. The van der Waals surface area contributed by atoms with E-state index in [9.17, 15) is 4.79 Å². The van der Waals surface area contributed by atoms with Crippen molar-refractivity contribution in [2.75, 3.05) is 11.7 Å². The molecule has 0 saturated carbocycles. The van der Waals surface area contributed by atoms with E-state index in [2.05, 4.69) is 5.10 Å². The first kappa shape index (κ1) is 8.99. The van der Waals surface area contributed by atoms with Gasteiger partial charge in [0.1, 0.15) is 12.0 Å². The second-order valence-electron chi connectivity index (χ2n) is 2.97. The Labute approximate surface area is 81.5 Å². The molecule has 0 N–H and O–H groups in total. The number of hydrogen-bond acceptors (Lipinski definition) is 4. The molecule has 1 atom stereocenters. The van der Waals surface area contributed by atoms with E-state index >= 15 is 0 Å². The normalized spacial score (nSPS) is 19.2. The molecule has 2 rings (SSSR count). The quantitative estimate of drug-likeness (QED) is 0.652. The molecular formula is C9H11N3O2. The molecule has 1 unspecified atom stereocenters. The Morgan fingerprint density at radius 1 is 1.86 bits per heavy atom. The third-order valence-corrected chi connectivity index (χ3v) is 2.11. The number of nitrogens with zero attached hydrogens (tertiary/aromatic N) is 3. The average Bonchev–Trinajstić information content (AvgIpc) is 2.71. The Morgan fingerprint density at radius 2 is 2.71 bits per heavy atom. The predicted molar refractivity (Wildman–Crippen MR) is 50.4 cm³/mol. The molecule has 2 heterocycles. The van der Waals surface area contributed by atoms with Crippen molar-refractivity contribution >= 4 is 11.8 Å². The van der Waals surface area contributed by atoms with Crippen LogP contribution in [0.4, 0.5) is 5.82 Å². The molecule has 74 valence electrons. The van der Waals surface area contributed by atoms with Gasteiger partial charge in [0.25, 0.3) is 0 Å². The standard InChI is InChI=1S/C9H11N3O2/c1-2-14-12-8(4-6-13)7-11-9(12)3-5-10-11/h3-5,8H,2,7H2,1H3. The highest BCUT2D eigenvalue weighted by Gasteiger charge is 2.29. The van der Waals surface area contributed by atoms with Gasteiger partial charge in [0, 0.05) is 12.1 Å². The first-order chi connectivity index (χ1) is 6.86. The average molecular weight is 193 g/mol. The topological polar surface area (TPSA) is 47.4 Å².